The fourth-order valence-corrected chi connectivity index (χ4v) is 3.41. The van der Waals surface area contributed by atoms with Crippen molar-refractivity contribution in [3.63, 3.8) is 0 Å². The van der Waals surface area contributed by atoms with Gasteiger partial charge in [-0.3, -0.25) is 4.79 Å². The number of thiazole rings is 1. The van der Waals surface area contributed by atoms with Crippen molar-refractivity contribution in [2.45, 2.75) is 32.8 Å². The van der Waals surface area contributed by atoms with Crippen LogP contribution in [0.3, 0.4) is 0 Å². The Morgan fingerprint density at radius 2 is 2.00 bits per heavy atom. The number of phenols is 1. The first kappa shape index (κ1) is 18.4. The summed E-state index contributed by atoms with van der Waals surface area (Å²) in [6, 6.07) is 13.1. The van der Waals surface area contributed by atoms with E-state index in [2.05, 4.69) is 31.1 Å². The number of phenolic OH excluding ortho intramolecular Hbond substituents is 1. The largest absolute Gasteiger partial charge is 0.506 e. The Morgan fingerprint density at radius 3 is 2.73 bits per heavy atom. The van der Waals surface area contributed by atoms with Crippen LogP contribution in [0.5, 0.6) is 5.75 Å². The Hall–Kier alpha value is -2.44. The van der Waals surface area contributed by atoms with Gasteiger partial charge in [-0.05, 0) is 35.2 Å². The summed E-state index contributed by atoms with van der Waals surface area (Å²) in [5, 5.41) is 13.5. The predicted molar refractivity (Wildman–Crippen MR) is 105 cm³/mol. The molecule has 3 aromatic rings. The SMILES string of the molecule is CC(C)(C)c1ccc(O)c(NC(=O)COCc2nc3ccccc3s2)c1. The summed E-state index contributed by atoms with van der Waals surface area (Å²) in [6.45, 7) is 6.40. The minimum atomic E-state index is -0.313. The number of carbonyl (C=O) groups is 1. The Morgan fingerprint density at radius 1 is 1.23 bits per heavy atom. The molecule has 0 unspecified atom stereocenters. The van der Waals surface area contributed by atoms with E-state index in [4.69, 9.17) is 4.74 Å². The molecular weight excluding hydrogens is 348 g/mol. The molecule has 2 N–H and O–H groups in total. The third-order valence-corrected chi connectivity index (χ3v) is 4.94. The molecule has 5 nitrogen and oxygen atoms in total. The molecule has 0 bridgehead atoms. The molecule has 1 heterocycles. The number of hydrogen-bond donors (Lipinski definition) is 2. The highest BCUT2D eigenvalue weighted by Crippen LogP contribution is 2.30. The van der Waals surface area contributed by atoms with Gasteiger partial charge in [0, 0.05) is 0 Å². The third kappa shape index (κ3) is 4.39. The lowest BCUT2D eigenvalue weighted by atomic mass is 9.87. The van der Waals surface area contributed by atoms with Crippen LogP contribution >= 0.6 is 11.3 Å². The first-order valence-electron chi connectivity index (χ1n) is 8.38. The number of nitrogens with zero attached hydrogens (tertiary/aromatic N) is 1. The summed E-state index contributed by atoms with van der Waals surface area (Å²) in [6.07, 6.45) is 0. The van der Waals surface area contributed by atoms with Crippen LogP contribution in [0.2, 0.25) is 0 Å². The van der Waals surface area contributed by atoms with Crippen molar-refractivity contribution in [1.29, 1.82) is 0 Å². The maximum atomic E-state index is 12.1. The van der Waals surface area contributed by atoms with Crippen LogP contribution in [0.1, 0.15) is 31.3 Å². The molecule has 0 spiro atoms. The number of aromatic hydroxyl groups is 1. The fraction of sp³-hybridized carbons (Fsp3) is 0.300. The maximum Gasteiger partial charge on any atom is 0.250 e. The number of rotatable bonds is 5. The second-order valence-corrected chi connectivity index (χ2v) is 8.21. The van der Waals surface area contributed by atoms with E-state index in [0.29, 0.717) is 5.69 Å². The molecule has 0 radical (unpaired) electrons. The van der Waals surface area contributed by atoms with Crippen LogP contribution in [0, 0.1) is 0 Å². The molecule has 0 aliphatic heterocycles. The van der Waals surface area contributed by atoms with E-state index in [1.165, 1.54) is 0 Å². The quantitative estimate of drug-likeness (QED) is 0.651. The highest BCUT2D eigenvalue weighted by atomic mass is 32.1. The number of fused-ring (bicyclic) bond motifs is 1. The van der Waals surface area contributed by atoms with E-state index >= 15 is 0 Å². The van der Waals surface area contributed by atoms with E-state index in [9.17, 15) is 9.90 Å². The van der Waals surface area contributed by atoms with Crippen LogP contribution in [0.4, 0.5) is 5.69 Å². The van der Waals surface area contributed by atoms with Crippen molar-refractivity contribution in [1.82, 2.24) is 4.98 Å². The summed E-state index contributed by atoms with van der Waals surface area (Å²) in [5.41, 5.74) is 2.28. The van der Waals surface area contributed by atoms with Gasteiger partial charge in [0.25, 0.3) is 0 Å². The molecule has 0 saturated carbocycles. The van der Waals surface area contributed by atoms with E-state index in [0.717, 1.165) is 20.8 Å². The number of anilines is 1. The van der Waals surface area contributed by atoms with Crippen LogP contribution in [-0.2, 0) is 21.6 Å². The van der Waals surface area contributed by atoms with Gasteiger partial charge in [-0.15, -0.1) is 11.3 Å². The summed E-state index contributed by atoms with van der Waals surface area (Å²) in [4.78, 5) is 16.6. The van der Waals surface area contributed by atoms with Crippen LogP contribution in [0.15, 0.2) is 42.5 Å². The van der Waals surface area contributed by atoms with Crippen LogP contribution < -0.4 is 5.32 Å². The van der Waals surface area contributed by atoms with E-state index in [-0.39, 0.29) is 30.3 Å². The summed E-state index contributed by atoms with van der Waals surface area (Å²) in [5.74, 6) is -0.273. The van der Waals surface area contributed by atoms with Gasteiger partial charge in [0.15, 0.2) is 0 Å². The smallest absolute Gasteiger partial charge is 0.250 e. The van der Waals surface area contributed by atoms with Crippen LogP contribution in [0.25, 0.3) is 10.2 Å². The van der Waals surface area contributed by atoms with E-state index in [1.807, 2.05) is 30.3 Å². The number of nitrogens with one attached hydrogen (secondary N) is 1. The number of amides is 1. The minimum absolute atomic E-state index is 0.0394. The summed E-state index contributed by atoms with van der Waals surface area (Å²) >= 11 is 1.55. The number of benzene rings is 2. The Labute approximate surface area is 156 Å². The molecule has 1 aromatic heterocycles. The Kier molecular flexibility index (Phi) is 5.25. The lowest BCUT2D eigenvalue weighted by molar-refractivity contribution is -0.121. The molecule has 1 amide bonds. The molecule has 0 aliphatic carbocycles. The molecule has 0 fully saturated rings. The third-order valence-electron chi connectivity index (χ3n) is 3.93. The normalized spacial score (nSPS) is 11.7. The fourth-order valence-electron chi connectivity index (χ4n) is 2.50. The Balaban J connectivity index is 1.57. The van der Waals surface area contributed by atoms with Gasteiger partial charge in [-0.25, -0.2) is 4.98 Å². The molecule has 0 aliphatic rings. The molecule has 136 valence electrons. The van der Waals surface area contributed by atoms with E-state index < -0.39 is 0 Å². The molecule has 0 atom stereocenters. The molecule has 6 heteroatoms. The zero-order valence-corrected chi connectivity index (χ0v) is 15.9. The number of para-hydroxylation sites is 1. The standard InChI is InChI=1S/C20H22N2O3S/c1-20(2,3)13-8-9-16(23)15(10-13)21-18(24)11-25-12-19-22-14-6-4-5-7-17(14)26-19/h4-10,23H,11-12H2,1-3H3,(H,21,24). The summed E-state index contributed by atoms with van der Waals surface area (Å²) < 4.78 is 6.57. The zero-order valence-electron chi connectivity index (χ0n) is 15.1. The number of aromatic nitrogens is 1. The first-order chi connectivity index (χ1) is 12.3. The second-order valence-electron chi connectivity index (χ2n) is 7.10. The van der Waals surface area contributed by atoms with Gasteiger partial charge in [0.1, 0.15) is 17.4 Å². The van der Waals surface area contributed by atoms with Crippen molar-refractivity contribution >= 4 is 33.1 Å². The average Bonchev–Trinajstić information content (AvgIpc) is 2.98. The maximum absolute atomic E-state index is 12.1. The highest BCUT2D eigenvalue weighted by Gasteiger charge is 2.16. The minimum Gasteiger partial charge on any atom is -0.506 e. The Bertz CT molecular complexity index is 895. The van der Waals surface area contributed by atoms with Gasteiger partial charge in [-0.2, -0.15) is 0 Å². The number of ether oxygens (including phenoxy) is 1. The van der Waals surface area contributed by atoms with Gasteiger partial charge in [0.05, 0.1) is 22.5 Å². The number of carbonyl (C=O) groups excluding carboxylic acids is 1. The second kappa shape index (κ2) is 7.43. The lowest BCUT2D eigenvalue weighted by Gasteiger charge is -2.20. The van der Waals surface area contributed by atoms with Crippen LogP contribution in [-0.4, -0.2) is 22.6 Å². The van der Waals surface area contributed by atoms with Crippen molar-refractivity contribution in [3.8, 4) is 5.75 Å². The predicted octanol–water partition coefficient (Wildman–Crippen LogP) is 4.45. The molecule has 0 saturated heterocycles. The lowest BCUT2D eigenvalue weighted by Crippen LogP contribution is -2.19. The molecule has 2 aromatic carbocycles. The van der Waals surface area contributed by atoms with E-state index in [1.54, 1.807) is 23.5 Å². The van der Waals surface area contributed by atoms with Gasteiger partial charge >= 0.3 is 0 Å². The number of hydrogen-bond acceptors (Lipinski definition) is 5. The first-order valence-corrected chi connectivity index (χ1v) is 9.20. The molecular formula is C20H22N2O3S. The highest BCUT2D eigenvalue weighted by molar-refractivity contribution is 7.18. The summed E-state index contributed by atoms with van der Waals surface area (Å²) in [7, 11) is 0. The monoisotopic (exact) mass is 370 g/mol. The van der Waals surface area contributed by atoms with Crippen molar-refractivity contribution in [3.05, 3.63) is 53.0 Å². The molecule has 3 rings (SSSR count). The van der Waals surface area contributed by atoms with Gasteiger partial charge in [0.2, 0.25) is 5.91 Å². The average molecular weight is 370 g/mol. The zero-order chi connectivity index (χ0) is 18.7. The van der Waals surface area contributed by atoms with Gasteiger partial charge in [-0.1, -0.05) is 39.0 Å². The van der Waals surface area contributed by atoms with Gasteiger partial charge < -0.3 is 15.2 Å². The van der Waals surface area contributed by atoms with Crippen molar-refractivity contribution < 1.29 is 14.6 Å². The van der Waals surface area contributed by atoms with Crippen molar-refractivity contribution in [2.75, 3.05) is 11.9 Å². The van der Waals surface area contributed by atoms with Crippen molar-refractivity contribution in [2.24, 2.45) is 0 Å². The molecule has 26 heavy (non-hydrogen) atoms. The topological polar surface area (TPSA) is 71.5 Å².